The van der Waals surface area contributed by atoms with Gasteiger partial charge in [-0.1, -0.05) is 0 Å². The lowest BCUT2D eigenvalue weighted by atomic mass is 10.3. The van der Waals surface area contributed by atoms with Crippen molar-refractivity contribution in [2.75, 3.05) is 0 Å². The van der Waals surface area contributed by atoms with Crippen molar-refractivity contribution in [2.45, 2.75) is 13.3 Å². The molecule has 0 saturated heterocycles. The molecule has 0 bridgehead atoms. The Morgan fingerprint density at radius 3 is 2.75 bits per heavy atom. The second-order valence-electron chi connectivity index (χ2n) is 3.04. The van der Waals surface area contributed by atoms with E-state index in [0.717, 1.165) is 4.52 Å². The van der Waals surface area contributed by atoms with Crippen LogP contribution in [0.1, 0.15) is 28.4 Å². The Labute approximate surface area is 93.1 Å². The van der Waals surface area contributed by atoms with E-state index in [1.165, 1.54) is 6.07 Å². The first-order chi connectivity index (χ1) is 7.49. The highest BCUT2D eigenvalue weighted by Crippen LogP contribution is 2.19. The number of rotatable bonds is 2. The second kappa shape index (κ2) is 3.75. The molecule has 2 rings (SSSR count). The Balaban J connectivity index is 2.75. The molecule has 0 atom stereocenters. The molecule has 0 spiro atoms. The molecule has 0 unspecified atom stereocenters. The fraction of sp³-hybridized carbons (Fsp3) is 0.250. The number of alkyl halides is 2. The lowest BCUT2D eigenvalue weighted by molar-refractivity contribution is 0.107. The predicted molar refractivity (Wildman–Crippen MR) is 50.7 cm³/mol. The number of hydrogen-bond donors (Lipinski definition) is 0. The van der Waals surface area contributed by atoms with Crippen molar-refractivity contribution < 1.29 is 13.6 Å². The van der Waals surface area contributed by atoms with E-state index >= 15 is 0 Å². The lowest BCUT2D eigenvalue weighted by Crippen LogP contribution is -2.03. The fourth-order valence-corrected chi connectivity index (χ4v) is 1.33. The summed E-state index contributed by atoms with van der Waals surface area (Å²) in [5.41, 5.74) is -0.0112. The van der Waals surface area contributed by atoms with E-state index < -0.39 is 11.7 Å². The van der Waals surface area contributed by atoms with Gasteiger partial charge in [0.15, 0.2) is 0 Å². The first kappa shape index (κ1) is 10.9. The number of nitrogens with zero attached hydrogens (tertiary/aromatic N) is 4. The molecule has 0 N–H and O–H groups in total. The number of aromatic nitrogens is 4. The number of fused-ring (bicyclic) bond motifs is 1. The van der Waals surface area contributed by atoms with Crippen LogP contribution in [0.2, 0.25) is 0 Å². The highest BCUT2D eigenvalue weighted by Gasteiger charge is 2.18. The third-order valence-electron chi connectivity index (χ3n) is 1.87. The zero-order chi connectivity index (χ0) is 11.9. The molecule has 2 aromatic rings. The summed E-state index contributed by atoms with van der Waals surface area (Å²) in [5.74, 6) is -0.416. The van der Waals surface area contributed by atoms with Crippen molar-refractivity contribution >= 4 is 22.6 Å². The Morgan fingerprint density at radius 2 is 2.19 bits per heavy atom. The largest absolute Gasteiger partial charge is 0.291 e. The van der Waals surface area contributed by atoms with Crippen LogP contribution in [-0.4, -0.2) is 24.8 Å². The Bertz CT molecular complexity index is 568. The van der Waals surface area contributed by atoms with Crippen LogP contribution in [0.4, 0.5) is 8.78 Å². The Kier molecular flexibility index (Phi) is 2.55. The highest BCUT2D eigenvalue weighted by molar-refractivity contribution is 6.67. The minimum absolute atomic E-state index is 0.0701. The molecular formula is C8H5ClF2N4O. The smallest absolute Gasteiger partial charge is 0.272 e. The van der Waals surface area contributed by atoms with Crippen LogP contribution in [0.3, 0.4) is 0 Å². The van der Waals surface area contributed by atoms with E-state index in [0.29, 0.717) is 5.69 Å². The van der Waals surface area contributed by atoms with Crippen molar-refractivity contribution in [1.82, 2.24) is 19.6 Å². The van der Waals surface area contributed by atoms with E-state index in [9.17, 15) is 13.6 Å². The van der Waals surface area contributed by atoms with Crippen LogP contribution in [0.25, 0.3) is 5.78 Å². The molecule has 0 radical (unpaired) electrons. The number of carbonyl (C=O) groups is 1. The van der Waals surface area contributed by atoms with Gasteiger partial charge in [0.1, 0.15) is 5.69 Å². The number of halogens is 3. The van der Waals surface area contributed by atoms with Crippen molar-refractivity contribution in [3.8, 4) is 0 Å². The molecule has 0 fully saturated rings. The maximum absolute atomic E-state index is 12.7. The summed E-state index contributed by atoms with van der Waals surface area (Å²) in [6, 6.07) is 1.18. The van der Waals surface area contributed by atoms with E-state index in [1.54, 1.807) is 6.92 Å². The number of hydrogen-bond acceptors (Lipinski definition) is 4. The van der Waals surface area contributed by atoms with Gasteiger partial charge < -0.3 is 0 Å². The van der Waals surface area contributed by atoms with Gasteiger partial charge in [-0.25, -0.2) is 13.8 Å². The average molecular weight is 247 g/mol. The Morgan fingerprint density at radius 1 is 1.50 bits per heavy atom. The van der Waals surface area contributed by atoms with Gasteiger partial charge in [0.05, 0.1) is 0 Å². The minimum atomic E-state index is -2.73. The van der Waals surface area contributed by atoms with Gasteiger partial charge in [-0.15, -0.1) is 5.10 Å². The first-order valence-corrected chi connectivity index (χ1v) is 4.59. The number of aryl methyl sites for hydroxylation is 1. The monoisotopic (exact) mass is 246 g/mol. The summed E-state index contributed by atoms with van der Waals surface area (Å²) in [6.45, 7) is 1.54. The molecule has 0 amide bonds. The van der Waals surface area contributed by atoms with Crippen LogP contribution in [0.15, 0.2) is 6.07 Å². The zero-order valence-electron chi connectivity index (χ0n) is 7.99. The van der Waals surface area contributed by atoms with E-state index in [4.69, 9.17) is 11.6 Å². The van der Waals surface area contributed by atoms with Gasteiger partial charge >= 0.3 is 0 Å². The molecule has 84 valence electrons. The summed E-state index contributed by atoms with van der Waals surface area (Å²) >= 11 is 5.15. The average Bonchev–Trinajstić information content (AvgIpc) is 2.59. The summed E-state index contributed by atoms with van der Waals surface area (Å²) in [4.78, 5) is 18.3. The molecule has 2 heterocycles. The van der Waals surface area contributed by atoms with Gasteiger partial charge in [0.25, 0.3) is 17.4 Å². The third kappa shape index (κ3) is 1.73. The second-order valence-corrected chi connectivity index (χ2v) is 3.39. The molecule has 8 heteroatoms. The van der Waals surface area contributed by atoms with E-state index in [1.807, 2.05) is 0 Å². The first-order valence-electron chi connectivity index (χ1n) is 4.21. The molecule has 0 aliphatic rings. The SMILES string of the molecule is Cc1cc(C(F)F)n2nc(C(=O)Cl)nc2n1. The molecule has 2 aromatic heterocycles. The van der Waals surface area contributed by atoms with Crippen LogP contribution < -0.4 is 0 Å². The molecular weight excluding hydrogens is 242 g/mol. The van der Waals surface area contributed by atoms with Crippen molar-refractivity contribution in [2.24, 2.45) is 0 Å². The van der Waals surface area contributed by atoms with Gasteiger partial charge in [-0.05, 0) is 24.6 Å². The lowest BCUT2D eigenvalue weighted by Gasteiger charge is -2.02. The van der Waals surface area contributed by atoms with Crippen molar-refractivity contribution in [3.05, 3.63) is 23.3 Å². The van der Waals surface area contributed by atoms with E-state index in [-0.39, 0.29) is 17.3 Å². The summed E-state index contributed by atoms with van der Waals surface area (Å²) in [7, 11) is 0. The normalized spacial score (nSPS) is 11.3. The molecule has 0 aromatic carbocycles. The van der Waals surface area contributed by atoms with Crippen molar-refractivity contribution in [1.29, 1.82) is 0 Å². The quantitative estimate of drug-likeness (QED) is 0.758. The summed E-state index contributed by atoms with van der Waals surface area (Å²) < 4.78 is 26.1. The third-order valence-corrected chi connectivity index (χ3v) is 2.04. The molecule has 0 aliphatic heterocycles. The maximum Gasteiger partial charge on any atom is 0.291 e. The topological polar surface area (TPSA) is 60.2 Å². The predicted octanol–water partition coefficient (Wildman–Crippen LogP) is 1.75. The highest BCUT2D eigenvalue weighted by atomic mass is 35.5. The van der Waals surface area contributed by atoms with Crippen molar-refractivity contribution in [3.63, 3.8) is 0 Å². The standard InChI is InChI=1S/C8H5ClF2N4O/c1-3-2-4(6(10)11)15-8(12-3)13-7(14-15)5(9)16/h2,6H,1H3. The summed E-state index contributed by atoms with van der Waals surface area (Å²) in [6.07, 6.45) is -2.73. The van der Waals surface area contributed by atoms with E-state index in [2.05, 4.69) is 15.1 Å². The zero-order valence-corrected chi connectivity index (χ0v) is 8.74. The molecule has 5 nitrogen and oxygen atoms in total. The number of carbonyl (C=O) groups excluding carboxylic acids is 1. The van der Waals surface area contributed by atoms with Crippen LogP contribution in [0.5, 0.6) is 0 Å². The van der Waals surface area contributed by atoms with Gasteiger partial charge in [0.2, 0.25) is 5.82 Å². The van der Waals surface area contributed by atoms with Gasteiger partial charge in [-0.2, -0.15) is 9.50 Å². The van der Waals surface area contributed by atoms with Crippen LogP contribution in [-0.2, 0) is 0 Å². The summed E-state index contributed by atoms with van der Waals surface area (Å²) in [5, 5.41) is 2.64. The van der Waals surface area contributed by atoms with Gasteiger partial charge in [-0.3, -0.25) is 4.79 Å². The minimum Gasteiger partial charge on any atom is -0.272 e. The van der Waals surface area contributed by atoms with Gasteiger partial charge in [0, 0.05) is 5.69 Å². The molecule has 16 heavy (non-hydrogen) atoms. The molecule has 0 aliphatic carbocycles. The maximum atomic E-state index is 12.7. The van der Waals surface area contributed by atoms with Crippen LogP contribution in [0, 0.1) is 6.92 Å². The Hall–Kier alpha value is -1.63. The fourth-order valence-electron chi connectivity index (χ4n) is 1.25. The molecule has 0 saturated carbocycles. The van der Waals surface area contributed by atoms with Crippen LogP contribution >= 0.6 is 11.6 Å².